The van der Waals surface area contributed by atoms with Crippen molar-refractivity contribution in [3.63, 3.8) is 0 Å². The summed E-state index contributed by atoms with van der Waals surface area (Å²) in [4.78, 5) is 13.2. The van der Waals surface area contributed by atoms with Crippen molar-refractivity contribution >= 4 is 55.6 Å². The van der Waals surface area contributed by atoms with Gasteiger partial charge in [-0.25, -0.2) is 4.39 Å². The highest BCUT2D eigenvalue weighted by molar-refractivity contribution is 14.1. The summed E-state index contributed by atoms with van der Waals surface area (Å²) in [5.74, 6) is -0.386. The van der Waals surface area contributed by atoms with Crippen LogP contribution >= 0.6 is 49.9 Å². The van der Waals surface area contributed by atoms with Gasteiger partial charge in [0.15, 0.2) is 5.78 Å². The molecule has 2 rings (SSSR count). The molecular weight excluding hydrogens is 418 g/mol. The molecular formula is C12H7BrFIOS. The molecule has 1 aromatic heterocycles. The average Bonchev–Trinajstić information content (AvgIpc) is 2.57. The maximum Gasteiger partial charge on any atom is 0.195 e. The number of carbonyl (C=O) groups is 1. The van der Waals surface area contributed by atoms with Gasteiger partial charge in [0.05, 0.1) is 3.79 Å². The molecule has 1 nitrogen and oxygen atoms in total. The minimum absolute atomic E-state index is 0.0612. The third kappa shape index (κ3) is 2.77. The first-order valence-corrected chi connectivity index (χ1v) is 7.43. The van der Waals surface area contributed by atoms with Gasteiger partial charge in [0.2, 0.25) is 0 Å². The Balaban J connectivity index is 2.47. The average molecular weight is 425 g/mol. The van der Waals surface area contributed by atoms with Crippen molar-refractivity contribution < 1.29 is 9.18 Å². The van der Waals surface area contributed by atoms with Crippen LogP contribution in [0.2, 0.25) is 0 Å². The predicted molar refractivity (Wildman–Crippen MR) is 79.3 cm³/mol. The van der Waals surface area contributed by atoms with E-state index in [1.54, 1.807) is 0 Å². The van der Waals surface area contributed by atoms with Gasteiger partial charge in [-0.1, -0.05) is 0 Å². The van der Waals surface area contributed by atoms with Gasteiger partial charge in [-0.3, -0.25) is 4.79 Å². The molecule has 0 bridgehead atoms. The minimum Gasteiger partial charge on any atom is -0.289 e. The number of carbonyl (C=O) groups excluding carboxylic acids is 1. The van der Waals surface area contributed by atoms with Crippen LogP contribution in [0.1, 0.15) is 20.8 Å². The number of rotatable bonds is 2. The van der Waals surface area contributed by atoms with Crippen molar-refractivity contribution in [3.8, 4) is 0 Å². The van der Waals surface area contributed by atoms with E-state index in [2.05, 4.69) is 15.9 Å². The monoisotopic (exact) mass is 424 g/mol. The van der Waals surface area contributed by atoms with Gasteiger partial charge in [-0.05, 0) is 69.7 Å². The smallest absolute Gasteiger partial charge is 0.195 e. The Labute approximate surface area is 124 Å². The third-order valence-electron chi connectivity index (χ3n) is 2.31. The van der Waals surface area contributed by atoms with E-state index in [1.807, 2.05) is 35.6 Å². The number of hydrogen-bond donors (Lipinski definition) is 0. The van der Waals surface area contributed by atoms with Gasteiger partial charge >= 0.3 is 0 Å². The summed E-state index contributed by atoms with van der Waals surface area (Å²) in [6, 6.07) is 6.02. The highest BCUT2D eigenvalue weighted by Crippen LogP contribution is 2.29. The largest absolute Gasteiger partial charge is 0.289 e. The highest BCUT2D eigenvalue weighted by Gasteiger charge is 2.17. The molecule has 2 aromatic rings. The van der Waals surface area contributed by atoms with Crippen LogP contribution in [-0.4, -0.2) is 5.78 Å². The van der Waals surface area contributed by atoms with Gasteiger partial charge in [0, 0.05) is 19.6 Å². The van der Waals surface area contributed by atoms with Gasteiger partial charge in [0.1, 0.15) is 5.82 Å². The molecule has 0 radical (unpaired) electrons. The molecule has 5 heteroatoms. The predicted octanol–water partition coefficient (Wildman–Crippen LogP) is 4.79. The SMILES string of the molecule is Cc1sc(Br)cc1C(=O)c1ccc(F)cc1I. The number of hydrogen-bond acceptors (Lipinski definition) is 2. The molecule has 0 unspecified atom stereocenters. The quantitative estimate of drug-likeness (QED) is 0.500. The second kappa shape index (κ2) is 5.16. The molecule has 1 heterocycles. The van der Waals surface area contributed by atoms with Crippen LogP contribution in [0.4, 0.5) is 4.39 Å². The zero-order valence-electron chi connectivity index (χ0n) is 8.76. The lowest BCUT2D eigenvalue weighted by Crippen LogP contribution is -2.04. The summed E-state index contributed by atoms with van der Waals surface area (Å²) in [5, 5.41) is 0. The Morgan fingerprint density at radius 2 is 2.06 bits per heavy atom. The number of aryl methyl sites for hydroxylation is 1. The van der Waals surface area contributed by atoms with Crippen LogP contribution in [0.5, 0.6) is 0 Å². The Hall–Kier alpha value is -0.270. The number of ketones is 1. The lowest BCUT2D eigenvalue weighted by atomic mass is 10.0. The maximum atomic E-state index is 13.0. The minimum atomic E-state index is -0.325. The molecule has 17 heavy (non-hydrogen) atoms. The third-order valence-corrected chi connectivity index (χ3v) is 4.75. The molecule has 0 spiro atoms. The van der Waals surface area contributed by atoms with Crippen LogP contribution in [0.3, 0.4) is 0 Å². The first-order chi connectivity index (χ1) is 7.99. The summed E-state index contributed by atoms with van der Waals surface area (Å²) < 4.78 is 14.5. The number of thiophene rings is 1. The summed E-state index contributed by atoms with van der Waals surface area (Å²) in [5.41, 5.74) is 1.21. The van der Waals surface area contributed by atoms with Crippen LogP contribution in [0.25, 0.3) is 0 Å². The number of halogens is 3. The van der Waals surface area contributed by atoms with Crippen molar-refractivity contribution in [1.82, 2.24) is 0 Å². The van der Waals surface area contributed by atoms with Crippen LogP contribution in [0, 0.1) is 16.3 Å². The fraction of sp³-hybridized carbons (Fsp3) is 0.0833. The molecule has 0 N–H and O–H groups in total. The molecule has 0 saturated carbocycles. The second-order valence-electron chi connectivity index (χ2n) is 3.47. The molecule has 88 valence electrons. The molecule has 0 aliphatic heterocycles. The molecule has 1 aromatic carbocycles. The number of benzene rings is 1. The van der Waals surface area contributed by atoms with E-state index in [0.717, 1.165) is 8.66 Å². The van der Waals surface area contributed by atoms with Gasteiger partial charge in [-0.15, -0.1) is 11.3 Å². The van der Waals surface area contributed by atoms with Crippen molar-refractivity contribution in [3.05, 3.63) is 53.4 Å². The summed E-state index contributed by atoms with van der Waals surface area (Å²) in [6.07, 6.45) is 0. The van der Waals surface area contributed by atoms with Crippen LogP contribution < -0.4 is 0 Å². The summed E-state index contributed by atoms with van der Waals surface area (Å²) in [7, 11) is 0. The molecule has 0 fully saturated rings. The van der Waals surface area contributed by atoms with Crippen molar-refractivity contribution in [2.24, 2.45) is 0 Å². The van der Waals surface area contributed by atoms with Gasteiger partial charge in [0.25, 0.3) is 0 Å². The van der Waals surface area contributed by atoms with Crippen molar-refractivity contribution in [1.29, 1.82) is 0 Å². The Morgan fingerprint density at radius 3 is 2.59 bits per heavy atom. The summed E-state index contributed by atoms with van der Waals surface area (Å²) >= 11 is 6.86. The van der Waals surface area contributed by atoms with E-state index in [-0.39, 0.29) is 11.6 Å². The molecule has 0 aliphatic rings. The van der Waals surface area contributed by atoms with E-state index in [9.17, 15) is 9.18 Å². The van der Waals surface area contributed by atoms with E-state index >= 15 is 0 Å². The normalized spacial score (nSPS) is 10.6. The highest BCUT2D eigenvalue weighted by atomic mass is 127. The van der Waals surface area contributed by atoms with E-state index in [0.29, 0.717) is 14.7 Å². The fourth-order valence-corrected chi connectivity index (χ4v) is 3.90. The Morgan fingerprint density at radius 1 is 1.35 bits per heavy atom. The fourth-order valence-electron chi connectivity index (χ4n) is 1.49. The lowest BCUT2D eigenvalue weighted by Gasteiger charge is -2.03. The lowest BCUT2D eigenvalue weighted by molar-refractivity contribution is 0.103. The van der Waals surface area contributed by atoms with Gasteiger partial charge in [-0.2, -0.15) is 0 Å². The van der Waals surface area contributed by atoms with E-state index in [4.69, 9.17) is 0 Å². The maximum absolute atomic E-state index is 13.0. The standard InChI is InChI=1S/C12H7BrFIOS/c1-6-9(5-11(13)17-6)12(16)8-3-2-7(14)4-10(8)15/h2-5H,1H3. The first kappa shape index (κ1) is 13.2. The van der Waals surface area contributed by atoms with Gasteiger partial charge < -0.3 is 0 Å². The van der Waals surface area contributed by atoms with E-state index < -0.39 is 0 Å². The summed E-state index contributed by atoms with van der Waals surface area (Å²) in [6.45, 7) is 1.90. The first-order valence-electron chi connectivity index (χ1n) is 4.74. The van der Waals surface area contributed by atoms with Crippen molar-refractivity contribution in [2.75, 3.05) is 0 Å². The zero-order valence-corrected chi connectivity index (χ0v) is 13.3. The topological polar surface area (TPSA) is 17.1 Å². The van der Waals surface area contributed by atoms with Crippen LogP contribution in [-0.2, 0) is 0 Å². The second-order valence-corrected chi connectivity index (χ2v) is 7.27. The zero-order chi connectivity index (χ0) is 12.6. The molecule has 0 amide bonds. The van der Waals surface area contributed by atoms with Crippen LogP contribution in [0.15, 0.2) is 28.1 Å². The Kier molecular flexibility index (Phi) is 3.99. The molecule has 0 aliphatic carbocycles. The molecule has 0 atom stereocenters. The Bertz CT molecular complexity index is 594. The van der Waals surface area contributed by atoms with E-state index in [1.165, 1.54) is 29.5 Å². The molecule has 0 saturated heterocycles. The van der Waals surface area contributed by atoms with Crippen molar-refractivity contribution in [2.45, 2.75) is 6.92 Å².